The Morgan fingerprint density at radius 3 is 3.05 bits per heavy atom. The molecule has 1 aromatic carbocycles. The Kier molecular flexibility index (Phi) is 3.98. The molecular weight excluding hydrogens is 270 g/mol. The molecule has 21 heavy (non-hydrogen) atoms. The highest BCUT2D eigenvalue weighted by molar-refractivity contribution is 5.92. The second-order valence-corrected chi connectivity index (χ2v) is 5.76. The summed E-state index contributed by atoms with van der Waals surface area (Å²) in [6, 6.07) is 5.60. The Hall–Kier alpha value is -1.79. The number of ether oxygens (including phenoxy) is 2. The second kappa shape index (κ2) is 5.91. The summed E-state index contributed by atoms with van der Waals surface area (Å²) in [7, 11) is 0. The van der Waals surface area contributed by atoms with Crippen LogP contribution in [0.2, 0.25) is 0 Å². The van der Waals surface area contributed by atoms with Crippen LogP contribution in [0.4, 0.5) is 5.69 Å². The molecule has 0 saturated carbocycles. The van der Waals surface area contributed by atoms with Gasteiger partial charge in [-0.3, -0.25) is 9.69 Å². The highest BCUT2D eigenvalue weighted by atomic mass is 16.7. The van der Waals surface area contributed by atoms with Crippen molar-refractivity contribution in [2.24, 2.45) is 11.7 Å². The first kappa shape index (κ1) is 14.2. The first-order valence-electron chi connectivity index (χ1n) is 7.29. The predicted molar refractivity (Wildman–Crippen MR) is 79.4 cm³/mol. The molecule has 1 amide bonds. The quantitative estimate of drug-likeness (QED) is 0.866. The molecule has 0 aromatic heterocycles. The summed E-state index contributed by atoms with van der Waals surface area (Å²) in [5.74, 6) is 1.86. The average molecular weight is 291 g/mol. The van der Waals surface area contributed by atoms with Gasteiger partial charge in [0.2, 0.25) is 12.7 Å². The third-order valence-electron chi connectivity index (χ3n) is 4.08. The molecule has 2 aliphatic heterocycles. The van der Waals surface area contributed by atoms with E-state index in [1.807, 2.05) is 13.0 Å². The van der Waals surface area contributed by atoms with Crippen LogP contribution < -0.4 is 20.5 Å². The van der Waals surface area contributed by atoms with Gasteiger partial charge in [0, 0.05) is 24.3 Å². The van der Waals surface area contributed by atoms with E-state index in [1.54, 1.807) is 12.1 Å². The summed E-state index contributed by atoms with van der Waals surface area (Å²) in [5, 5.41) is 2.90. The number of nitrogens with two attached hydrogens (primary N) is 1. The molecule has 2 unspecified atom stereocenters. The number of fused-ring (bicyclic) bond motifs is 1. The molecule has 2 heterocycles. The van der Waals surface area contributed by atoms with Crippen molar-refractivity contribution in [1.29, 1.82) is 0 Å². The van der Waals surface area contributed by atoms with Gasteiger partial charge >= 0.3 is 0 Å². The lowest BCUT2D eigenvalue weighted by Crippen LogP contribution is -2.34. The fourth-order valence-corrected chi connectivity index (χ4v) is 2.81. The van der Waals surface area contributed by atoms with E-state index in [0.717, 1.165) is 25.2 Å². The van der Waals surface area contributed by atoms with Gasteiger partial charge in [-0.05, 0) is 37.9 Å². The first-order valence-corrected chi connectivity index (χ1v) is 7.29. The molecule has 0 radical (unpaired) electrons. The highest BCUT2D eigenvalue weighted by Crippen LogP contribution is 2.34. The molecule has 1 aromatic rings. The molecule has 6 heteroatoms. The minimum Gasteiger partial charge on any atom is -0.454 e. The Morgan fingerprint density at radius 2 is 2.29 bits per heavy atom. The van der Waals surface area contributed by atoms with Gasteiger partial charge in [0.05, 0.1) is 6.54 Å². The maximum atomic E-state index is 12.1. The van der Waals surface area contributed by atoms with Gasteiger partial charge in [0.1, 0.15) is 0 Å². The molecule has 0 aliphatic carbocycles. The molecule has 1 fully saturated rings. The minimum absolute atomic E-state index is 0.0146. The van der Waals surface area contributed by atoms with E-state index in [1.165, 1.54) is 0 Å². The monoisotopic (exact) mass is 291 g/mol. The topological polar surface area (TPSA) is 76.8 Å². The van der Waals surface area contributed by atoms with E-state index in [0.29, 0.717) is 24.0 Å². The molecular formula is C15H21N3O3. The van der Waals surface area contributed by atoms with Crippen LogP contribution >= 0.6 is 0 Å². The largest absolute Gasteiger partial charge is 0.454 e. The third kappa shape index (κ3) is 3.28. The van der Waals surface area contributed by atoms with Gasteiger partial charge in [-0.1, -0.05) is 0 Å². The molecule has 0 spiro atoms. The van der Waals surface area contributed by atoms with E-state index in [2.05, 4.69) is 10.2 Å². The van der Waals surface area contributed by atoms with Crippen LogP contribution in [0.5, 0.6) is 11.5 Å². The Balaban J connectivity index is 1.53. The van der Waals surface area contributed by atoms with Gasteiger partial charge in [0.25, 0.3) is 0 Å². The summed E-state index contributed by atoms with van der Waals surface area (Å²) in [4.78, 5) is 14.2. The van der Waals surface area contributed by atoms with E-state index in [4.69, 9.17) is 15.2 Å². The van der Waals surface area contributed by atoms with Crippen molar-refractivity contribution in [3.8, 4) is 11.5 Å². The number of benzene rings is 1. The van der Waals surface area contributed by atoms with Crippen LogP contribution in [0.3, 0.4) is 0 Å². The zero-order valence-corrected chi connectivity index (χ0v) is 12.2. The van der Waals surface area contributed by atoms with Crippen molar-refractivity contribution in [3.05, 3.63) is 18.2 Å². The number of amides is 1. The first-order chi connectivity index (χ1) is 10.1. The van der Waals surface area contributed by atoms with Gasteiger partial charge in [-0.15, -0.1) is 0 Å². The highest BCUT2D eigenvalue weighted by Gasteiger charge is 2.26. The average Bonchev–Trinajstić information content (AvgIpc) is 3.06. The lowest BCUT2D eigenvalue weighted by Gasteiger charge is -2.17. The molecule has 3 N–H and O–H groups in total. The van der Waals surface area contributed by atoms with E-state index < -0.39 is 0 Å². The molecule has 0 bridgehead atoms. The van der Waals surface area contributed by atoms with Crippen molar-refractivity contribution in [3.63, 3.8) is 0 Å². The maximum absolute atomic E-state index is 12.1. The van der Waals surface area contributed by atoms with Crippen molar-refractivity contribution < 1.29 is 14.3 Å². The van der Waals surface area contributed by atoms with E-state index in [-0.39, 0.29) is 18.7 Å². The summed E-state index contributed by atoms with van der Waals surface area (Å²) in [5.41, 5.74) is 6.64. The van der Waals surface area contributed by atoms with Crippen LogP contribution in [0.1, 0.15) is 13.3 Å². The standard InChI is InChI=1S/C15H21N3O3/c1-10(16)11-4-5-18(7-11)8-15(19)17-12-2-3-13-14(6-12)21-9-20-13/h2-3,6,10-11H,4-5,7-9,16H2,1H3,(H,17,19). The van der Waals surface area contributed by atoms with Crippen molar-refractivity contribution in [2.75, 3.05) is 31.7 Å². The van der Waals surface area contributed by atoms with Crippen molar-refractivity contribution in [2.45, 2.75) is 19.4 Å². The fraction of sp³-hybridized carbons (Fsp3) is 0.533. The van der Waals surface area contributed by atoms with E-state index in [9.17, 15) is 4.79 Å². The van der Waals surface area contributed by atoms with Gasteiger partial charge in [0.15, 0.2) is 11.5 Å². The Labute approximate surface area is 124 Å². The number of carbonyl (C=O) groups excluding carboxylic acids is 1. The number of anilines is 1. The Morgan fingerprint density at radius 1 is 1.48 bits per heavy atom. The Bertz CT molecular complexity index is 533. The van der Waals surface area contributed by atoms with Crippen LogP contribution in [-0.4, -0.2) is 43.3 Å². The number of likely N-dealkylation sites (tertiary alicyclic amines) is 1. The zero-order chi connectivity index (χ0) is 14.8. The SMILES string of the molecule is CC(N)C1CCN(CC(=O)Nc2ccc3c(c2)OCO3)C1. The van der Waals surface area contributed by atoms with Crippen LogP contribution in [0, 0.1) is 5.92 Å². The molecule has 114 valence electrons. The summed E-state index contributed by atoms with van der Waals surface area (Å²) in [6.07, 6.45) is 1.06. The maximum Gasteiger partial charge on any atom is 0.238 e. The van der Waals surface area contributed by atoms with Gasteiger partial charge in [-0.2, -0.15) is 0 Å². The summed E-state index contributed by atoms with van der Waals surface area (Å²) >= 11 is 0. The van der Waals surface area contributed by atoms with Crippen LogP contribution in [-0.2, 0) is 4.79 Å². The van der Waals surface area contributed by atoms with Crippen LogP contribution in [0.25, 0.3) is 0 Å². The van der Waals surface area contributed by atoms with Gasteiger partial charge < -0.3 is 20.5 Å². The van der Waals surface area contributed by atoms with E-state index >= 15 is 0 Å². The summed E-state index contributed by atoms with van der Waals surface area (Å²) in [6.45, 7) is 4.49. The number of nitrogens with zero attached hydrogens (tertiary/aromatic N) is 1. The van der Waals surface area contributed by atoms with Crippen molar-refractivity contribution in [1.82, 2.24) is 4.90 Å². The molecule has 1 saturated heterocycles. The zero-order valence-electron chi connectivity index (χ0n) is 12.2. The van der Waals surface area contributed by atoms with Crippen LogP contribution in [0.15, 0.2) is 18.2 Å². The molecule has 6 nitrogen and oxygen atoms in total. The lowest BCUT2D eigenvalue weighted by atomic mass is 10.0. The third-order valence-corrected chi connectivity index (χ3v) is 4.08. The minimum atomic E-state index is -0.0146. The predicted octanol–water partition coefficient (Wildman–Crippen LogP) is 1.02. The number of hydrogen-bond acceptors (Lipinski definition) is 5. The van der Waals surface area contributed by atoms with Gasteiger partial charge in [-0.25, -0.2) is 0 Å². The molecule has 3 rings (SSSR count). The smallest absolute Gasteiger partial charge is 0.238 e. The second-order valence-electron chi connectivity index (χ2n) is 5.76. The number of nitrogens with one attached hydrogen (secondary N) is 1. The number of carbonyl (C=O) groups is 1. The lowest BCUT2D eigenvalue weighted by molar-refractivity contribution is -0.117. The molecule has 2 atom stereocenters. The fourth-order valence-electron chi connectivity index (χ4n) is 2.81. The molecule has 2 aliphatic rings. The normalized spacial score (nSPS) is 22.3. The van der Waals surface area contributed by atoms with Crippen molar-refractivity contribution >= 4 is 11.6 Å². The number of hydrogen-bond donors (Lipinski definition) is 2. The number of rotatable bonds is 4. The summed E-state index contributed by atoms with van der Waals surface area (Å²) < 4.78 is 10.5.